The van der Waals surface area contributed by atoms with Crippen LogP contribution in [-0.4, -0.2) is 37.1 Å². The highest BCUT2D eigenvalue weighted by atomic mass is 15.1. The number of hydrogen-bond acceptors (Lipinski definition) is 2. The largest absolute Gasteiger partial charge is 0.314 e. The van der Waals surface area contributed by atoms with Gasteiger partial charge in [-0.25, -0.2) is 0 Å². The Hall–Kier alpha value is -0.0800. The van der Waals surface area contributed by atoms with E-state index < -0.39 is 0 Å². The molecule has 1 N–H and O–H groups in total. The highest BCUT2D eigenvalue weighted by molar-refractivity contribution is 4.80. The Morgan fingerprint density at radius 3 is 2.65 bits per heavy atom. The molecule has 1 aliphatic carbocycles. The molecule has 20 heavy (non-hydrogen) atoms. The maximum Gasteiger partial charge on any atom is 0.00792 e. The Labute approximate surface area is 126 Å². The summed E-state index contributed by atoms with van der Waals surface area (Å²) in [6.45, 7) is 9.92. The highest BCUT2D eigenvalue weighted by Gasteiger charge is 2.24. The maximum absolute atomic E-state index is 3.84. The van der Waals surface area contributed by atoms with Crippen LogP contribution in [0.5, 0.6) is 0 Å². The zero-order valence-electron chi connectivity index (χ0n) is 13.9. The lowest BCUT2D eigenvalue weighted by molar-refractivity contribution is 0.150. The first-order valence-electron chi connectivity index (χ1n) is 9.25. The summed E-state index contributed by atoms with van der Waals surface area (Å²) in [7, 11) is 0. The Morgan fingerprint density at radius 2 is 1.90 bits per heavy atom. The summed E-state index contributed by atoms with van der Waals surface area (Å²) in [5.41, 5.74) is 0. The minimum Gasteiger partial charge on any atom is -0.314 e. The lowest BCUT2D eigenvalue weighted by Gasteiger charge is -2.36. The Morgan fingerprint density at radius 1 is 1.10 bits per heavy atom. The maximum atomic E-state index is 3.84. The van der Waals surface area contributed by atoms with Crippen molar-refractivity contribution in [2.75, 3.05) is 26.2 Å². The highest BCUT2D eigenvalue weighted by Crippen LogP contribution is 2.26. The lowest BCUT2D eigenvalue weighted by atomic mass is 9.86. The van der Waals surface area contributed by atoms with Crippen molar-refractivity contribution in [2.45, 2.75) is 77.7 Å². The van der Waals surface area contributed by atoms with Gasteiger partial charge in [-0.1, -0.05) is 39.0 Å². The second kappa shape index (κ2) is 9.04. The number of nitrogens with one attached hydrogen (secondary N) is 1. The molecule has 0 aromatic carbocycles. The summed E-state index contributed by atoms with van der Waals surface area (Å²) in [5, 5.41) is 3.84. The summed E-state index contributed by atoms with van der Waals surface area (Å²) >= 11 is 0. The Bertz CT molecular complexity index is 246. The third-order valence-electron chi connectivity index (χ3n) is 5.53. The van der Waals surface area contributed by atoms with E-state index in [4.69, 9.17) is 0 Å². The second-order valence-corrected chi connectivity index (χ2v) is 7.24. The molecule has 1 aliphatic heterocycles. The SMILES string of the molecule is CCCN1CCCC(C(C)NCCC2CCCCC2)C1. The molecule has 2 atom stereocenters. The van der Waals surface area contributed by atoms with Crippen molar-refractivity contribution in [2.24, 2.45) is 11.8 Å². The Kier molecular flexibility index (Phi) is 7.37. The van der Waals surface area contributed by atoms with Crippen LogP contribution in [0.2, 0.25) is 0 Å². The van der Waals surface area contributed by atoms with Gasteiger partial charge in [-0.15, -0.1) is 0 Å². The first-order chi connectivity index (χ1) is 9.79. The number of piperidine rings is 1. The van der Waals surface area contributed by atoms with E-state index in [0.717, 1.165) is 11.8 Å². The molecule has 2 rings (SSSR count). The molecule has 2 unspecified atom stereocenters. The molecule has 0 aromatic rings. The van der Waals surface area contributed by atoms with Gasteiger partial charge < -0.3 is 10.2 Å². The van der Waals surface area contributed by atoms with E-state index in [1.54, 1.807) is 0 Å². The van der Waals surface area contributed by atoms with E-state index in [2.05, 4.69) is 24.1 Å². The van der Waals surface area contributed by atoms with Crippen LogP contribution in [0.25, 0.3) is 0 Å². The van der Waals surface area contributed by atoms with Crippen molar-refractivity contribution in [1.82, 2.24) is 10.2 Å². The van der Waals surface area contributed by atoms with E-state index in [1.165, 1.54) is 84.0 Å². The number of nitrogens with zero attached hydrogens (tertiary/aromatic N) is 1. The lowest BCUT2D eigenvalue weighted by Crippen LogP contribution is -2.45. The molecule has 1 saturated heterocycles. The van der Waals surface area contributed by atoms with Crippen LogP contribution in [0.3, 0.4) is 0 Å². The second-order valence-electron chi connectivity index (χ2n) is 7.24. The van der Waals surface area contributed by atoms with E-state index in [9.17, 15) is 0 Å². The third kappa shape index (κ3) is 5.37. The van der Waals surface area contributed by atoms with Crippen molar-refractivity contribution in [3.05, 3.63) is 0 Å². The van der Waals surface area contributed by atoms with Crippen LogP contribution in [0.15, 0.2) is 0 Å². The number of likely N-dealkylation sites (tertiary alicyclic amines) is 1. The first-order valence-corrected chi connectivity index (χ1v) is 9.25. The average molecular weight is 280 g/mol. The Balaban J connectivity index is 1.62. The van der Waals surface area contributed by atoms with Gasteiger partial charge in [0.25, 0.3) is 0 Å². The van der Waals surface area contributed by atoms with E-state index >= 15 is 0 Å². The predicted octanol–water partition coefficient (Wildman–Crippen LogP) is 4.06. The van der Waals surface area contributed by atoms with Crippen LogP contribution in [0.4, 0.5) is 0 Å². The molecule has 1 heterocycles. The van der Waals surface area contributed by atoms with Gasteiger partial charge >= 0.3 is 0 Å². The van der Waals surface area contributed by atoms with Gasteiger partial charge in [-0.3, -0.25) is 0 Å². The quantitative estimate of drug-likeness (QED) is 0.756. The molecule has 2 aliphatic rings. The van der Waals surface area contributed by atoms with Gasteiger partial charge in [0.1, 0.15) is 0 Å². The van der Waals surface area contributed by atoms with Gasteiger partial charge in [0.2, 0.25) is 0 Å². The molecule has 2 nitrogen and oxygen atoms in total. The van der Waals surface area contributed by atoms with Crippen molar-refractivity contribution < 1.29 is 0 Å². The third-order valence-corrected chi connectivity index (χ3v) is 5.53. The van der Waals surface area contributed by atoms with Gasteiger partial charge in [-0.05, 0) is 64.1 Å². The van der Waals surface area contributed by atoms with Crippen LogP contribution in [0.1, 0.15) is 71.6 Å². The fourth-order valence-electron chi connectivity index (χ4n) is 4.18. The molecule has 118 valence electrons. The molecule has 0 aromatic heterocycles. The zero-order valence-corrected chi connectivity index (χ0v) is 13.9. The van der Waals surface area contributed by atoms with E-state index in [1.807, 2.05) is 0 Å². The normalized spacial score (nSPS) is 27.6. The van der Waals surface area contributed by atoms with Crippen LogP contribution < -0.4 is 5.32 Å². The molecule has 2 heteroatoms. The van der Waals surface area contributed by atoms with Crippen molar-refractivity contribution in [1.29, 1.82) is 0 Å². The predicted molar refractivity (Wildman–Crippen MR) is 88.1 cm³/mol. The molecule has 0 amide bonds. The molecular formula is C18H36N2. The minimum atomic E-state index is 0.707. The summed E-state index contributed by atoms with van der Waals surface area (Å²) in [6, 6.07) is 0.707. The van der Waals surface area contributed by atoms with Crippen molar-refractivity contribution >= 4 is 0 Å². The first kappa shape index (κ1) is 16.3. The van der Waals surface area contributed by atoms with E-state index in [0.29, 0.717) is 6.04 Å². The molecule has 0 radical (unpaired) electrons. The molecular weight excluding hydrogens is 244 g/mol. The summed E-state index contributed by atoms with van der Waals surface area (Å²) in [4.78, 5) is 2.67. The van der Waals surface area contributed by atoms with Crippen LogP contribution in [-0.2, 0) is 0 Å². The zero-order chi connectivity index (χ0) is 14.2. The minimum absolute atomic E-state index is 0.707. The topological polar surface area (TPSA) is 15.3 Å². The smallest absolute Gasteiger partial charge is 0.00792 e. The summed E-state index contributed by atoms with van der Waals surface area (Å²) < 4.78 is 0. The monoisotopic (exact) mass is 280 g/mol. The standard InChI is InChI=1S/C18H36N2/c1-3-13-20-14-7-10-18(15-20)16(2)19-12-11-17-8-5-4-6-9-17/h16-19H,3-15H2,1-2H3. The summed E-state index contributed by atoms with van der Waals surface area (Å²) in [6.07, 6.45) is 13.0. The van der Waals surface area contributed by atoms with Crippen molar-refractivity contribution in [3.63, 3.8) is 0 Å². The molecule has 0 bridgehead atoms. The molecule has 0 spiro atoms. The van der Waals surface area contributed by atoms with Crippen LogP contribution >= 0.6 is 0 Å². The number of hydrogen-bond donors (Lipinski definition) is 1. The van der Waals surface area contributed by atoms with E-state index in [-0.39, 0.29) is 0 Å². The average Bonchev–Trinajstić information content (AvgIpc) is 2.49. The van der Waals surface area contributed by atoms with Gasteiger partial charge in [0.05, 0.1) is 0 Å². The molecule has 2 fully saturated rings. The number of rotatable bonds is 7. The fourth-order valence-corrected chi connectivity index (χ4v) is 4.18. The van der Waals surface area contributed by atoms with Gasteiger partial charge in [0.15, 0.2) is 0 Å². The fraction of sp³-hybridized carbons (Fsp3) is 1.00. The van der Waals surface area contributed by atoms with Gasteiger partial charge in [0, 0.05) is 12.6 Å². The summed E-state index contributed by atoms with van der Waals surface area (Å²) in [5.74, 6) is 1.90. The van der Waals surface area contributed by atoms with Gasteiger partial charge in [-0.2, -0.15) is 0 Å². The van der Waals surface area contributed by atoms with Crippen molar-refractivity contribution in [3.8, 4) is 0 Å². The van der Waals surface area contributed by atoms with Crippen LogP contribution in [0, 0.1) is 11.8 Å². The molecule has 1 saturated carbocycles.